The number of hydrazone groups is 1. The normalized spacial score (nSPS) is 11.5. The van der Waals surface area contributed by atoms with E-state index in [1.165, 1.54) is 24.4 Å². The first kappa shape index (κ1) is 24.0. The van der Waals surface area contributed by atoms with E-state index >= 15 is 0 Å². The molecule has 3 aromatic rings. The Morgan fingerprint density at radius 2 is 1.81 bits per heavy atom. The highest BCUT2D eigenvalue weighted by Gasteiger charge is 2.28. The van der Waals surface area contributed by atoms with E-state index in [2.05, 4.69) is 26.5 Å². The first-order valence-electron chi connectivity index (χ1n) is 9.60. The molecule has 0 aliphatic heterocycles. The molecule has 166 valence electrons. The molecule has 0 bridgehead atoms. The number of sulfonamides is 1. The molecule has 32 heavy (non-hydrogen) atoms. The molecule has 0 aromatic heterocycles. The van der Waals surface area contributed by atoms with E-state index in [1.54, 1.807) is 31.2 Å². The fourth-order valence-electron chi connectivity index (χ4n) is 2.92. The highest BCUT2D eigenvalue weighted by molar-refractivity contribution is 9.10. The second-order valence-corrected chi connectivity index (χ2v) is 10.3. The summed E-state index contributed by atoms with van der Waals surface area (Å²) in [5, 5.41) is 4.31. The van der Waals surface area contributed by atoms with Gasteiger partial charge >= 0.3 is 0 Å². The number of anilines is 1. The van der Waals surface area contributed by atoms with Gasteiger partial charge in [0.1, 0.15) is 6.54 Å². The molecule has 0 atom stereocenters. The summed E-state index contributed by atoms with van der Waals surface area (Å²) >= 11 is 9.50. The number of nitrogens with one attached hydrogen (secondary N) is 1. The molecule has 0 spiro atoms. The molecule has 0 aliphatic carbocycles. The molecule has 0 fully saturated rings. The number of nitrogens with zero attached hydrogens (tertiary/aromatic N) is 2. The fraction of sp³-hybridized carbons (Fsp3) is 0.130. The molecule has 0 unspecified atom stereocenters. The zero-order valence-corrected chi connectivity index (χ0v) is 20.6. The second kappa shape index (κ2) is 10.3. The molecule has 3 aromatic carbocycles. The van der Waals surface area contributed by atoms with Crippen LogP contribution in [0.15, 0.2) is 81.2 Å². The molecule has 0 aliphatic rings. The number of amides is 1. The maximum Gasteiger partial charge on any atom is 0.264 e. The van der Waals surface area contributed by atoms with Crippen LogP contribution in [0.4, 0.5) is 5.69 Å². The Hall–Kier alpha value is -2.68. The Bertz CT molecular complexity index is 1260. The number of carbonyl (C=O) groups is 1. The Morgan fingerprint density at radius 3 is 2.50 bits per heavy atom. The summed E-state index contributed by atoms with van der Waals surface area (Å²) in [6.45, 7) is 3.16. The summed E-state index contributed by atoms with van der Waals surface area (Å²) < 4.78 is 28.8. The van der Waals surface area contributed by atoms with Crippen LogP contribution in [0, 0.1) is 13.8 Å². The van der Waals surface area contributed by atoms with E-state index in [4.69, 9.17) is 11.6 Å². The number of halogens is 2. The van der Waals surface area contributed by atoms with Crippen molar-refractivity contribution in [1.82, 2.24) is 5.43 Å². The van der Waals surface area contributed by atoms with Gasteiger partial charge < -0.3 is 0 Å². The minimum Gasteiger partial charge on any atom is -0.271 e. The third-order valence-electron chi connectivity index (χ3n) is 4.59. The maximum absolute atomic E-state index is 13.4. The summed E-state index contributed by atoms with van der Waals surface area (Å²) in [5.41, 5.74) is 5.08. The van der Waals surface area contributed by atoms with Gasteiger partial charge in [-0.3, -0.25) is 9.10 Å². The van der Waals surface area contributed by atoms with E-state index in [1.807, 2.05) is 31.2 Å². The van der Waals surface area contributed by atoms with Crippen LogP contribution < -0.4 is 9.73 Å². The van der Waals surface area contributed by atoms with Crippen LogP contribution in [0.25, 0.3) is 0 Å². The van der Waals surface area contributed by atoms with Crippen LogP contribution >= 0.6 is 27.5 Å². The molecular weight excluding hydrogens is 514 g/mol. The van der Waals surface area contributed by atoms with Gasteiger partial charge in [0.25, 0.3) is 15.9 Å². The van der Waals surface area contributed by atoms with Crippen LogP contribution in [-0.4, -0.2) is 27.1 Å². The van der Waals surface area contributed by atoms with Crippen LogP contribution in [0.3, 0.4) is 0 Å². The molecule has 0 saturated carbocycles. The van der Waals surface area contributed by atoms with Crippen LogP contribution in [-0.2, 0) is 14.8 Å². The molecular formula is C23H21BrClN3O3S. The summed E-state index contributed by atoms with van der Waals surface area (Å²) in [7, 11) is -4.03. The van der Waals surface area contributed by atoms with E-state index < -0.39 is 22.5 Å². The summed E-state index contributed by atoms with van der Waals surface area (Å²) in [5.74, 6) is -0.591. The van der Waals surface area contributed by atoms with Crippen molar-refractivity contribution in [2.45, 2.75) is 18.7 Å². The van der Waals surface area contributed by atoms with Crippen LogP contribution in [0.1, 0.15) is 16.7 Å². The molecule has 0 heterocycles. The molecule has 1 amide bonds. The fourth-order valence-corrected chi connectivity index (χ4v) is 4.98. The average Bonchev–Trinajstić information content (AvgIpc) is 2.74. The second-order valence-electron chi connectivity index (χ2n) is 7.10. The van der Waals surface area contributed by atoms with E-state index in [0.29, 0.717) is 16.3 Å². The Kier molecular flexibility index (Phi) is 7.71. The van der Waals surface area contributed by atoms with E-state index in [0.717, 1.165) is 19.9 Å². The Balaban J connectivity index is 1.89. The van der Waals surface area contributed by atoms with Crippen molar-refractivity contribution < 1.29 is 13.2 Å². The summed E-state index contributed by atoms with van der Waals surface area (Å²) in [4.78, 5) is 12.7. The zero-order chi connectivity index (χ0) is 23.3. The monoisotopic (exact) mass is 533 g/mol. The van der Waals surface area contributed by atoms with Gasteiger partial charge in [-0.05, 0) is 61.4 Å². The lowest BCUT2D eigenvalue weighted by molar-refractivity contribution is -0.119. The number of benzene rings is 3. The van der Waals surface area contributed by atoms with Crippen LogP contribution in [0.5, 0.6) is 0 Å². The van der Waals surface area contributed by atoms with Gasteiger partial charge in [-0.25, -0.2) is 13.8 Å². The van der Waals surface area contributed by atoms with Gasteiger partial charge in [0.15, 0.2) is 0 Å². The van der Waals surface area contributed by atoms with Crippen molar-refractivity contribution in [2.75, 3.05) is 10.8 Å². The molecule has 0 saturated heterocycles. The molecule has 1 N–H and O–H groups in total. The predicted molar refractivity (Wildman–Crippen MR) is 132 cm³/mol. The van der Waals surface area contributed by atoms with Crippen molar-refractivity contribution in [1.29, 1.82) is 0 Å². The minimum absolute atomic E-state index is 0.0768. The topological polar surface area (TPSA) is 78.8 Å². The van der Waals surface area contributed by atoms with Crippen molar-refractivity contribution in [3.05, 3.63) is 92.9 Å². The third kappa shape index (κ3) is 5.97. The quantitative estimate of drug-likeness (QED) is 0.340. The minimum atomic E-state index is -4.03. The molecule has 6 nitrogen and oxygen atoms in total. The average molecular weight is 535 g/mol. The summed E-state index contributed by atoms with van der Waals surface area (Å²) in [6.07, 6.45) is 1.48. The smallest absolute Gasteiger partial charge is 0.264 e. The number of hydrogen-bond donors (Lipinski definition) is 1. The van der Waals surface area contributed by atoms with Crippen molar-refractivity contribution >= 4 is 55.4 Å². The van der Waals surface area contributed by atoms with Gasteiger partial charge in [0, 0.05) is 9.50 Å². The number of aryl methyl sites for hydroxylation is 2. The van der Waals surface area contributed by atoms with E-state index in [9.17, 15) is 13.2 Å². The Morgan fingerprint density at radius 1 is 1.09 bits per heavy atom. The maximum atomic E-state index is 13.4. The van der Waals surface area contributed by atoms with E-state index in [-0.39, 0.29) is 4.90 Å². The number of rotatable bonds is 7. The highest BCUT2D eigenvalue weighted by atomic mass is 79.9. The highest BCUT2D eigenvalue weighted by Crippen LogP contribution is 2.29. The zero-order valence-electron chi connectivity index (χ0n) is 17.4. The lowest BCUT2D eigenvalue weighted by Crippen LogP contribution is -2.40. The van der Waals surface area contributed by atoms with Crippen molar-refractivity contribution in [3.63, 3.8) is 0 Å². The van der Waals surface area contributed by atoms with Gasteiger partial charge in [0.2, 0.25) is 0 Å². The standard InChI is InChI=1S/C23H21BrClN3O3S/c1-16-6-10-21(11-7-16)32(30,31)28(22-13-20(25)9-8-17(22)2)15-23(29)27-26-14-18-4-3-5-19(24)12-18/h3-14H,15H2,1-2H3,(H,27,29)/b26-14-. The Labute approximate surface area is 201 Å². The van der Waals surface area contributed by atoms with Gasteiger partial charge in [-0.2, -0.15) is 5.10 Å². The van der Waals surface area contributed by atoms with Gasteiger partial charge in [-0.15, -0.1) is 0 Å². The van der Waals surface area contributed by atoms with Gasteiger partial charge in [-0.1, -0.05) is 63.4 Å². The lowest BCUT2D eigenvalue weighted by atomic mass is 10.2. The SMILES string of the molecule is Cc1ccc(S(=O)(=O)N(CC(=O)N/N=C\c2cccc(Br)c2)c2cc(Cl)ccc2C)cc1. The summed E-state index contributed by atoms with van der Waals surface area (Å²) in [6, 6.07) is 18.7. The third-order valence-corrected chi connectivity index (χ3v) is 7.09. The largest absolute Gasteiger partial charge is 0.271 e. The first-order valence-corrected chi connectivity index (χ1v) is 12.2. The predicted octanol–water partition coefficient (Wildman–Crippen LogP) is 5.06. The number of hydrogen-bond acceptors (Lipinski definition) is 4. The van der Waals surface area contributed by atoms with Crippen LogP contribution in [0.2, 0.25) is 5.02 Å². The molecule has 3 rings (SSSR count). The number of carbonyl (C=O) groups excluding carboxylic acids is 1. The van der Waals surface area contributed by atoms with Crippen molar-refractivity contribution in [3.8, 4) is 0 Å². The first-order chi connectivity index (χ1) is 15.2. The lowest BCUT2D eigenvalue weighted by Gasteiger charge is -2.25. The molecule has 9 heteroatoms. The van der Waals surface area contributed by atoms with Crippen molar-refractivity contribution in [2.24, 2.45) is 5.10 Å². The molecule has 0 radical (unpaired) electrons. The van der Waals surface area contributed by atoms with Gasteiger partial charge in [0.05, 0.1) is 16.8 Å².